The van der Waals surface area contributed by atoms with Crippen LogP contribution in [0.2, 0.25) is 0 Å². The van der Waals surface area contributed by atoms with E-state index in [1.54, 1.807) is 0 Å². The van der Waals surface area contributed by atoms with Gasteiger partial charge in [0.2, 0.25) is 0 Å². The number of benzene rings is 2. The summed E-state index contributed by atoms with van der Waals surface area (Å²) in [6.45, 7) is 0. The monoisotopic (exact) mass is 253 g/mol. The molecule has 0 heterocycles. The third kappa shape index (κ3) is 2.36. The molecule has 0 amide bonds. The Hall–Kier alpha value is -1.80. The van der Waals surface area contributed by atoms with Gasteiger partial charge in [0, 0.05) is 5.69 Å². The molecule has 3 N–H and O–H groups in total. The van der Waals surface area contributed by atoms with Crippen molar-refractivity contribution in [1.82, 2.24) is 0 Å². The number of anilines is 1. The number of rotatable bonds is 3. The van der Waals surface area contributed by atoms with E-state index in [9.17, 15) is 5.11 Å². The zero-order chi connectivity index (χ0) is 13.3. The van der Waals surface area contributed by atoms with Gasteiger partial charge in [0.15, 0.2) is 0 Å². The summed E-state index contributed by atoms with van der Waals surface area (Å²) in [6.07, 6.45) is 3.40. The van der Waals surface area contributed by atoms with Crippen LogP contribution in [0, 0.1) is 0 Å². The molecule has 2 aromatic carbocycles. The van der Waals surface area contributed by atoms with Crippen molar-refractivity contribution in [3.63, 3.8) is 0 Å². The molecule has 0 aromatic heterocycles. The Balaban J connectivity index is 1.79. The predicted molar refractivity (Wildman–Crippen MR) is 77.8 cm³/mol. The molecule has 1 unspecified atom stereocenters. The zero-order valence-corrected chi connectivity index (χ0v) is 11.0. The van der Waals surface area contributed by atoms with Gasteiger partial charge in [-0.3, -0.25) is 0 Å². The zero-order valence-electron chi connectivity index (χ0n) is 11.0. The summed E-state index contributed by atoms with van der Waals surface area (Å²) in [4.78, 5) is 0. The molecule has 0 fully saturated rings. The SMILES string of the molecule is Nc1ccc2c(c1)CCC2(O)CCc1ccccc1. The Kier molecular flexibility index (Phi) is 3.03. The van der Waals surface area contributed by atoms with Crippen molar-refractivity contribution >= 4 is 5.69 Å². The van der Waals surface area contributed by atoms with Crippen LogP contribution in [0.15, 0.2) is 48.5 Å². The number of aryl methyl sites for hydroxylation is 2. The minimum atomic E-state index is -0.682. The second kappa shape index (κ2) is 4.71. The van der Waals surface area contributed by atoms with Crippen LogP contribution in [-0.2, 0) is 18.4 Å². The summed E-state index contributed by atoms with van der Waals surface area (Å²) in [5.74, 6) is 0. The lowest BCUT2D eigenvalue weighted by molar-refractivity contribution is 0.0298. The van der Waals surface area contributed by atoms with Crippen LogP contribution in [0.3, 0.4) is 0 Å². The summed E-state index contributed by atoms with van der Waals surface area (Å²) in [5.41, 5.74) is 9.45. The number of nitrogen functional groups attached to an aromatic ring is 1. The van der Waals surface area contributed by atoms with Gasteiger partial charge >= 0.3 is 0 Å². The average molecular weight is 253 g/mol. The molecule has 0 spiro atoms. The molecule has 2 nitrogen and oxygen atoms in total. The predicted octanol–water partition coefficient (Wildman–Crippen LogP) is 3.04. The summed E-state index contributed by atoms with van der Waals surface area (Å²) in [6, 6.07) is 16.2. The topological polar surface area (TPSA) is 46.2 Å². The summed E-state index contributed by atoms with van der Waals surface area (Å²) >= 11 is 0. The highest BCUT2D eigenvalue weighted by molar-refractivity contribution is 5.49. The second-order valence-corrected chi connectivity index (χ2v) is 5.43. The molecule has 3 rings (SSSR count). The lowest BCUT2D eigenvalue weighted by Gasteiger charge is -2.24. The molecule has 2 aromatic rings. The standard InChI is InChI=1S/C17H19NO/c18-15-6-7-16-14(12-15)9-11-17(16,19)10-8-13-4-2-1-3-5-13/h1-7,12,19H,8-11,18H2. The third-order valence-corrected chi connectivity index (χ3v) is 4.11. The molecule has 98 valence electrons. The van der Waals surface area contributed by atoms with Crippen LogP contribution in [0.4, 0.5) is 5.69 Å². The fourth-order valence-corrected chi connectivity index (χ4v) is 3.01. The van der Waals surface area contributed by atoms with Crippen molar-refractivity contribution in [3.8, 4) is 0 Å². The molecule has 0 bridgehead atoms. The molecule has 0 saturated carbocycles. The van der Waals surface area contributed by atoms with Crippen molar-refractivity contribution in [2.24, 2.45) is 0 Å². The lowest BCUT2D eigenvalue weighted by Crippen LogP contribution is -2.23. The van der Waals surface area contributed by atoms with Crippen LogP contribution >= 0.6 is 0 Å². The Morgan fingerprint density at radius 3 is 2.68 bits per heavy atom. The first kappa shape index (κ1) is 12.2. The highest BCUT2D eigenvalue weighted by Gasteiger charge is 2.35. The first-order chi connectivity index (χ1) is 9.17. The van der Waals surface area contributed by atoms with Crippen molar-refractivity contribution in [2.45, 2.75) is 31.3 Å². The highest BCUT2D eigenvalue weighted by Crippen LogP contribution is 2.40. The lowest BCUT2D eigenvalue weighted by atomic mass is 9.89. The number of nitrogens with two attached hydrogens (primary N) is 1. The van der Waals surface area contributed by atoms with E-state index in [-0.39, 0.29) is 0 Å². The van der Waals surface area contributed by atoms with Gasteiger partial charge in [-0.25, -0.2) is 0 Å². The smallest absolute Gasteiger partial charge is 0.0905 e. The Morgan fingerprint density at radius 1 is 1.11 bits per heavy atom. The van der Waals surface area contributed by atoms with E-state index in [0.29, 0.717) is 0 Å². The average Bonchev–Trinajstić information content (AvgIpc) is 2.75. The van der Waals surface area contributed by atoms with Gasteiger partial charge < -0.3 is 10.8 Å². The molecule has 1 atom stereocenters. The number of hydrogen-bond donors (Lipinski definition) is 2. The Labute approximate surface area is 113 Å². The number of hydrogen-bond acceptors (Lipinski definition) is 2. The minimum Gasteiger partial charge on any atom is -0.399 e. The molecule has 19 heavy (non-hydrogen) atoms. The minimum absolute atomic E-state index is 0.682. The van der Waals surface area contributed by atoms with Gasteiger partial charge in [0.1, 0.15) is 0 Å². The van der Waals surface area contributed by atoms with Gasteiger partial charge in [-0.15, -0.1) is 0 Å². The van der Waals surface area contributed by atoms with E-state index in [4.69, 9.17) is 5.73 Å². The number of fused-ring (bicyclic) bond motifs is 1. The van der Waals surface area contributed by atoms with Crippen molar-refractivity contribution in [2.75, 3.05) is 5.73 Å². The van der Waals surface area contributed by atoms with E-state index < -0.39 is 5.60 Å². The van der Waals surface area contributed by atoms with E-state index in [1.165, 1.54) is 11.1 Å². The van der Waals surface area contributed by atoms with Crippen LogP contribution in [0.5, 0.6) is 0 Å². The largest absolute Gasteiger partial charge is 0.399 e. The van der Waals surface area contributed by atoms with Crippen LogP contribution in [0.1, 0.15) is 29.5 Å². The molecule has 1 aliphatic rings. The van der Waals surface area contributed by atoms with Gasteiger partial charge in [-0.05, 0) is 54.5 Å². The molecular weight excluding hydrogens is 234 g/mol. The van der Waals surface area contributed by atoms with E-state index in [0.717, 1.165) is 36.9 Å². The van der Waals surface area contributed by atoms with E-state index >= 15 is 0 Å². The summed E-state index contributed by atoms with van der Waals surface area (Å²) in [5, 5.41) is 10.9. The third-order valence-electron chi connectivity index (χ3n) is 4.11. The van der Waals surface area contributed by atoms with Crippen molar-refractivity contribution < 1.29 is 5.11 Å². The molecule has 1 aliphatic carbocycles. The quantitative estimate of drug-likeness (QED) is 0.826. The molecule has 0 radical (unpaired) electrons. The molecule has 0 aliphatic heterocycles. The fraction of sp³-hybridized carbons (Fsp3) is 0.294. The van der Waals surface area contributed by atoms with Crippen molar-refractivity contribution in [1.29, 1.82) is 0 Å². The second-order valence-electron chi connectivity index (χ2n) is 5.43. The fourth-order valence-electron chi connectivity index (χ4n) is 3.01. The van der Waals surface area contributed by atoms with Gasteiger partial charge in [-0.2, -0.15) is 0 Å². The summed E-state index contributed by atoms with van der Waals surface area (Å²) in [7, 11) is 0. The molecule has 0 saturated heterocycles. The van der Waals surface area contributed by atoms with Gasteiger partial charge in [0.25, 0.3) is 0 Å². The van der Waals surface area contributed by atoms with Crippen LogP contribution in [-0.4, -0.2) is 5.11 Å². The maximum atomic E-state index is 10.9. The van der Waals surface area contributed by atoms with Crippen molar-refractivity contribution in [3.05, 3.63) is 65.2 Å². The van der Waals surface area contributed by atoms with E-state index in [2.05, 4.69) is 12.1 Å². The maximum absolute atomic E-state index is 10.9. The van der Waals surface area contributed by atoms with Gasteiger partial charge in [0.05, 0.1) is 5.60 Å². The van der Waals surface area contributed by atoms with Crippen LogP contribution in [0.25, 0.3) is 0 Å². The summed E-state index contributed by atoms with van der Waals surface area (Å²) < 4.78 is 0. The molecule has 2 heteroatoms. The maximum Gasteiger partial charge on any atom is 0.0905 e. The Bertz CT molecular complexity index is 579. The normalized spacial score (nSPS) is 21.3. The van der Waals surface area contributed by atoms with Crippen LogP contribution < -0.4 is 5.73 Å². The van der Waals surface area contributed by atoms with Gasteiger partial charge in [-0.1, -0.05) is 36.4 Å². The van der Waals surface area contributed by atoms with E-state index in [1.807, 2.05) is 36.4 Å². The first-order valence-corrected chi connectivity index (χ1v) is 6.83. The number of aliphatic hydroxyl groups is 1. The molecular formula is C17H19NO. The highest BCUT2D eigenvalue weighted by atomic mass is 16.3. The Morgan fingerprint density at radius 2 is 1.89 bits per heavy atom. The first-order valence-electron chi connectivity index (χ1n) is 6.83.